The van der Waals surface area contributed by atoms with Crippen LogP contribution >= 0.6 is 0 Å². The fraction of sp³-hybridized carbons (Fsp3) is 0.923. The van der Waals surface area contributed by atoms with Crippen LogP contribution in [0.15, 0.2) is 0 Å². The van der Waals surface area contributed by atoms with Crippen molar-refractivity contribution in [1.82, 2.24) is 10.6 Å². The van der Waals surface area contributed by atoms with Crippen LogP contribution in [0.4, 0.5) is 4.79 Å². The van der Waals surface area contributed by atoms with Gasteiger partial charge in [-0.25, -0.2) is 4.79 Å². The van der Waals surface area contributed by atoms with Gasteiger partial charge >= 0.3 is 6.09 Å². The molecular weight excluding hydrogens is 216 g/mol. The fourth-order valence-corrected chi connectivity index (χ4v) is 1.82. The normalized spacial score (nSPS) is 19.6. The second-order valence-electron chi connectivity index (χ2n) is 6.12. The topological polar surface area (TPSA) is 50.4 Å². The maximum Gasteiger partial charge on any atom is 0.407 e. The van der Waals surface area contributed by atoms with E-state index in [2.05, 4.69) is 17.6 Å². The summed E-state index contributed by atoms with van der Waals surface area (Å²) in [5.74, 6) is 0. The van der Waals surface area contributed by atoms with Crippen LogP contribution in [0.5, 0.6) is 0 Å². The van der Waals surface area contributed by atoms with E-state index in [1.807, 2.05) is 27.7 Å². The molecule has 4 nitrogen and oxygen atoms in total. The minimum absolute atomic E-state index is 0.131. The van der Waals surface area contributed by atoms with Gasteiger partial charge in [-0.05, 0) is 53.9 Å². The Hall–Kier alpha value is -0.770. The summed E-state index contributed by atoms with van der Waals surface area (Å²) in [6.45, 7) is 9.78. The molecule has 1 aliphatic carbocycles. The summed E-state index contributed by atoms with van der Waals surface area (Å²) < 4.78 is 5.21. The van der Waals surface area contributed by atoms with Gasteiger partial charge in [-0.15, -0.1) is 0 Å². The maximum absolute atomic E-state index is 11.5. The molecule has 1 rings (SSSR count). The number of ether oxygens (including phenoxy) is 1. The third-order valence-electron chi connectivity index (χ3n) is 2.57. The first kappa shape index (κ1) is 14.3. The molecule has 4 heteroatoms. The summed E-state index contributed by atoms with van der Waals surface area (Å²) >= 11 is 0. The van der Waals surface area contributed by atoms with E-state index in [1.165, 1.54) is 12.8 Å². The molecule has 1 amide bonds. The number of hydrogen-bond donors (Lipinski definition) is 2. The van der Waals surface area contributed by atoms with Crippen LogP contribution in [0.2, 0.25) is 0 Å². The lowest BCUT2D eigenvalue weighted by molar-refractivity contribution is 0.0504. The number of carbonyl (C=O) groups excluding carboxylic acids is 1. The molecule has 2 atom stereocenters. The van der Waals surface area contributed by atoms with Crippen molar-refractivity contribution >= 4 is 6.09 Å². The third kappa shape index (κ3) is 7.21. The summed E-state index contributed by atoms with van der Waals surface area (Å²) in [5, 5.41) is 6.37. The molecule has 1 fully saturated rings. The minimum Gasteiger partial charge on any atom is -0.444 e. The molecule has 0 aromatic rings. The predicted molar refractivity (Wildman–Crippen MR) is 69.1 cm³/mol. The van der Waals surface area contributed by atoms with E-state index < -0.39 is 5.60 Å². The van der Waals surface area contributed by atoms with Gasteiger partial charge in [0.2, 0.25) is 0 Å². The van der Waals surface area contributed by atoms with E-state index in [0.29, 0.717) is 12.1 Å². The second-order valence-corrected chi connectivity index (χ2v) is 6.12. The van der Waals surface area contributed by atoms with E-state index in [-0.39, 0.29) is 12.1 Å². The molecule has 0 saturated heterocycles. The van der Waals surface area contributed by atoms with Crippen molar-refractivity contribution in [2.45, 2.75) is 77.6 Å². The average molecular weight is 242 g/mol. The zero-order valence-corrected chi connectivity index (χ0v) is 11.7. The molecule has 0 bridgehead atoms. The highest BCUT2D eigenvalue weighted by atomic mass is 16.6. The number of carbonyl (C=O) groups is 1. The molecule has 0 spiro atoms. The van der Waals surface area contributed by atoms with Crippen molar-refractivity contribution in [3.63, 3.8) is 0 Å². The summed E-state index contributed by atoms with van der Waals surface area (Å²) in [4.78, 5) is 11.5. The Balaban J connectivity index is 2.18. The molecule has 17 heavy (non-hydrogen) atoms. The highest BCUT2D eigenvalue weighted by molar-refractivity contribution is 5.68. The van der Waals surface area contributed by atoms with Crippen molar-refractivity contribution in [2.24, 2.45) is 0 Å². The van der Waals surface area contributed by atoms with Crippen molar-refractivity contribution < 1.29 is 9.53 Å². The average Bonchev–Trinajstić information content (AvgIpc) is 2.82. The number of rotatable bonds is 5. The molecule has 1 saturated carbocycles. The minimum atomic E-state index is -0.429. The Morgan fingerprint density at radius 1 is 1.29 bits per heavy atom. The van der Waals surface area contributed by atoms with Crippen molar-refractivity contribution in [2.75, 3.05) is 0 Å². The third-order valence-corrected chi connectivity index (χ3v) is 2.57. The quantitative estimate of drug-likeness (QED) is 0.778. The lowest BCUT2D eigenvalue weighted by atomic mass is 10.1. The van der Waals surface area contributed by atoms with Crippen LogP contribution < -0.4 is 10.6 Å². The Bertz CT molecular complexity index is 257. The SMILES string of the molecule is C[C@H](C[C@H](C)NC(=O)OC(C)(C)C)NC1CC1. The lowest BCUT2D eigenvalue weighted by Crippen LogP contribution is -2.41. The number of hydrogen-bond acceptors (Lipinski definition) is 3. The van der Waals surface area contributed by atoms with Gasteiger partial charge in [-0.3, -0.25) is 0 Å². The van der Waals surface area contributed by atoms with E-state index in [9.17, 15) is 4.79 Å². The van der Waals surface area contributed by atoms with Crippen LogP contribution in [0, 0.1) is 0 Å². The smallest absolute Gasteiger partial charge is 0.407 e. The van der Waals surface area contributed by atoms with Crippen LogP contribution in [-0.2, 0) is 4.74 Å². The molecule has 0 aliphatic heterocycles. The van der Waals surface area contributed by atoms with Gasteiger partial charge in [0.25, 0.3) is 0 Å². The van der Waals surface area contributed by atoms with Crippen LogP contribution in [0.25, 0.3) is 0 Å². The zero-order valence-electron chi connectivity index (χ0n) is 11.7. The van der Waals surface area contributed by atoms with Gasteiger partial charge in [-0.1, -0.05) is 0 Å². The maximum atomic E-state index is 11.5. The molecule has 100 valence electrons. The summed E-state index contributed by atoms with van der Waals surface area (Å²) in [5.41, 5.74) is -0.429. The van der Waals surface area contributed by atoms with Gasteiger partial charge < -0.3 is 15.4 Å². The largest absolute Gasteiger partial charge is 0.444 e. The highest BCUT2D eigenvalue weighted by Gasteiger charge is 2.24. The number of alkyl carbamates (subject to hydrolysis) is 1. The second kappa shape index (κ2) is 5.71. The predicted octanol–water partition coefficient (Wildman–Crippen LogP) is 2.43. The van der Waals surface area contributed by atoms with Gasteiger partial charge in [0, 0.05) is 18.1 Å². The molecule has 0 aromatic heterocycles. The molecule has 2 N–H and O–H groups in total. The van der Waals surface area contributed by atoms with Crippen molar-refractivity contribution in [3.05, 3.63) is 0 Å². The monoisotopic (exact) mass is 242 g/mol. The number of amides is 1. The Morgan fingerprint density at radius 2 is 1.88 bits per heavy atom. The molecule has 0 heterocycles. The van der Waals surface area contributed by atoms with Crippen LogP contribution in [0.1, 0.15) is 53.9 Å². The fourth-order valence-electron chi connectivity index (χ4n) is 1.82. The Labute approximate surface area is 104 Å². The molecule has 0 aromatic carbocycles. The van der Waals surface area contributed by atoms with Crippen LogP contribution in [0.3, 0.4) is 0 Å². The van der Waals surface area contributed by atoms with Crippen molar-refractivity contribution in [1.29, 1.82) is 0 Å². The summed E-state index contributed by atoms with van der Waals surface area (Å²) in [6.07, 6.45) is 3.18. The lowest BCUT2D eigenvalue weighted by Gasteiger charge is -2.23. The first-order valence-corrected chi connectivity index (χ1v) is 6.52. The van der Waals surface area contributed by atoms with Gasteiger partial charge in [-0.2, -0.15) is 0 Å². The summed E-state index contributed by atoms with van der Waals surface area (Å²) in [7, 11) is 0. The van der Waals surface area contributed by atoms with Gasteiger partial charge in [0.1, 0.15) is 5.60 Å². The van der Waals surface area contributed by atoms with Gasteiger partial charge in [0.05, 0.1) is 0 Å². The molecular formula is C13H26N2O2. The molecule has 0 radical (unpaired) electrons. The zero-order chi connectivity index (χ0) is 13.1. The molecule has 1 aliphatic rings. The molecule has 0 unspecified atom stereocenters. The van der Waals surface area contributed by atoms with E-state index in [1.54, 1.807) is 0 Å². The van der Waals surface area contributed by atoms with Crippen LogP contribution in [-0.4, -0.2) is 29.8 Å². The summed E-state index contributed by atoms with van der Waals surface area (Å²) in [6, 6.07) is 1.28. The number of nitrogens with one attached hydrogen (secondary N) is 2. The highest BCUT2D eigenvalue weighted by Crippen LogP contribution is 2.20. The Morgan fingerprint density at radius 3 is 2.35 bits per heavy atom. The first-order valence-electron chi connectivity index (χ1n) is 6.52. The van der Waals surface area contributed by atoms with E-state index in [4.69, 9.17) is 4.74 Å². The van der Waals surface area contributed by atoms with E-state index >= 15 is 0 Å². The van der Waals surface area contributed by atoms with Gasteiger partial charge in [0.15, 0.2) is 0 Å². The standard InChI is InChI=1S/C13H26N2O2/c1-9(14-11-6-7-11)8-10(2)15-12(16)17-13(3,4)5/h9-11,14H,6-8H2,1-5H3,(H,15,16)/t9-,10+/m1/s1. The first-order chi connectivity index (χ1) is 7.76. The van der Waals surface area contributed by atoms with Crippen molar-refractivity contribution in [3.8, 4) is 0 Å². The van der Waals surface area contributed by atoms with E-state index in [0.717, 1.165) is 6.42 Å². The Kier molecular flexibility index (Phi) is 4.80.